The second kappa shape index (κ2) is 14.1. The van der Waals surface area contributed by atoms with Crippen molar-refractivity contribution in [2.75, 3.05) is 12.4 Å². The quantitative estimate of drug-likeness (QED) is 0.124. The van der Waals surface area contributed by atoms with E-state index >= 15 is 0 Å². The van der Waals surface area contributed by atoms with Crippen LogP contribution in [0, 0.1) is 0 Å². The average Bonchev–Trinajstić information content (AvgIpc) is 3.07. The van der Waals surface area contributed by atoms with E-state index in [1.165, 1.54) is 49.0 Å². The second-order valence-electron chi connectivity index (χ2n) is 10.4. The summed E-state index contributed by atoms with van der Waals surface area (Å²) in [5.74, 6) is -3.88. The van der Waals surface area contributed by atoms with E-state index in [-0.39, 0.29) is 35.0 Å². The average molecular weight is 640 g/mol. The number of hydrogen-bond acceptors (Lipinski definition) is 8. The van der Waals surface area contributed by atoms with Crippen LogP contribution in [0.3, 0.4) is 0 Å². The highest BCUT2D eigenvalue weighted by Crippen LogP contribution is 2.40. The predicted octanol–water partition coefficient (Wildman–Crippen LogP) is 3.36. The van der Waals surface area contributed by atoms with E-state index < -0.39 is 47.1 Å². The minimum absolute atomic E-state index is 0.176. The molecule has 2 aliphatic rings. The lowest BCUT2D eigenvalue weighted by Crippen LogP contribution is -2.71. The van der Waals surface area contributed by atoms with Crippen molar-refractivity contribution in [3.05, 3.63) is 125 Å². The zero-order valence-corrected chi connectivity index (χ0v) is 25.4. The van der Waals surface area contributed by atoms with Gasteiger partial charge < -0.3 is 20.5 Å². The maximum Gasteiger partial charge on any atom is 0.352 e. The van der Waals surface area contributed by atoms with Gasteiger partial charge in [0.15, 0.2) is 5.78 Å². The third-order valence-electron chi connectivity index (χ3n) is 7.33. The molecule has 0 saturated carbocycles. The van der Waals surface area contributed by atoms with E-state index in [0.717, 1.165) is 10.5 Å². The van der Waals surface area contributed by atoms with Gasteiger partial charge in [-0.2, -0.15) is 0 Å². The lowest BCUT2D eigenvalue weighted by atomic mass is 10.0. The fraction of sp³-hybridized carbons (Fsp3) is 0.176. The number of ketones is 1. The Morgan fingerprint density at radius 1 is 0.957 bits per heavy atom. The van der Waals surface area contributed by atoms with E-state index in [1.807, 2.05) is 30.3 Å². The van der Waals surface area contributed by atoms with Gasteiger partial charge in [0, 0.05) is 29.4 Å². The molecule has 0 spiro atoms. The van der Waals surface area contributed by atoms with Crippen molar-refractivity contribution < 1.29 is 38.6 Å². The van der Waals surface area contributed by atoms with Crippen LogP contribution in [0.1, 0.15) is 44.8 Å². The summed E-state index contributed by atoms with van der Waals surface area (Å²) >= 11 is 1.23. The third-order valence-corrected chi connectivity index (χ3v) is 8.67. The molecule has 46 heavy (non-hydrogen) atoms. The lowest BCUT2D eigenvalue weighted by molar-refractivity contribution is -0.151. The second-order valence-corrected chi connectivity index (χ2v) is 11.5. The standard InChI is InChI=1S/C34H29N3O8S/c1-20(38)45-18-25-19-46-33-28(32(42)37(33)29(25)34(43)44)36-31(41)27(23-10-6-3-7-11-23)35-30(40)24-15-13-22(14-16-24)26(39)17-12-21-8-4-2-5-9-21/h2-17,27-28,33H,18-19H2,1H3,(H,35,40)(H,36,41)(H,43,44). The van der Waals surface area contributed by atoms with Crippen LogP contribution in [0.5, 0.6) is 0 Å². The number of ether oxygens (including phenoxy) is 1. The number of carboxylic acids is 1. The first-order valence-electron chi connectivity index (χ1n) is 14.2. The summed E-state index contributed by atoms with van der Waals surface area (Å²) in [4.78, 5) is 76.9. The highest BCUT2D eigenvalue weighted by atomic mass is 32.2. The number of allylic oxidation sites excluding steroid dienone is 1. The number of thioether (sulfide) groups is 1. The maximum atomic E-state index is 13.6. The Hall–Kier alpha value is -5.49. The monoisotopic (exact) mass is 639 g/mol. The maximum absolute atomic E-state index is 13.6. The fourth-order valence-corrected chi connectivity index (χ4v) is 6.33. The Labute approximate surface area is 268 Å². The summed E-state index contributed by atoms with van der Waals surface area (Å²) in [6, 6.07) is 21.6. The number of carbonyl (C=O) groups is 6. The molecule has 0 aliphatic carbocycles. The summed E-state index contributed by atoms with van der Waals surface area (Å²) < 4.78 is 4.95. The first kappa shape index (κ1) is 31.9. The van der Waals surface area contributed by atoms with E-state index in [0.29, 0.717) is 11.1 Å². The van der Waals surface area contributed by atoms with Gasteiger partial charge in [-0.05, 0) is 29.3 Å². The Bertz CT molecular complexity index is 1740. The number of hydrogen-bond donors (Lipinski definition) is 3. The zero-order valence-electron chi connectivity index (χ0n) is 24.5. The molecule has 3 N–H and O–H groups in total. The molecule has 1 fully saturated rings. The molecule has 3 aromatic carbocycles. The van der Waals surface area contributed by atoms with E-state index in [1.54, 1.807) is 36.4 Å². The van der Waals surface area contributed by atoms with Gasteiger partial charge in [-0.25, -0.2) is 4.79 Å². The molecule has 3 atom stereocenters. The number of fused-ring (bicyclic) bond motifs is 1. The molecule has 0 bridgehead atoms. The van der Waals surface area contributed by atoms with Crippen LogP contribution in [0.15, 0.2) is 102 Å². The predicted molar refractivity (Wildman–Crippen MR) is 169 cm³/mol. The zero-order chi connectivity index (χ0) is 32.8. The number of benzene rings is 3. The molecule has 11 nitrogen and oxygen atoms in total. The van der Waals surface area contributed by atoms with Gasteiger partial charge >= 0.3 is 11.9 Å². The molecule has 1 saturated heterocycles. The van der Waals surface area contributed by atoms with Crippen LogP contribution in [0.25, 0.3) is 6.08 Å². The number of β-lactam (4-membered cyclic amide) rings is 1. The molecule has 0 aromatic heterocycles. The molecule has 3 aromatic rings. The largest absolute Gasteiger partial charge is 0.477 e. The Kier molecular flexibility index (Phi) is 9.77. The normalized spacial score (nSPS) is 17.8. The number of carbonyl (C=O) groups excluding carboxylic acids is 5. The molecular formula is C34H29N3O8S. The number of nitrogens with one attached hydrogen (secondary N) is 2. The highest BCUT2D eigenvalue weighted by molar-refractivity contribution is 8.00. The summed E-state index contributed by atoms with van der Waals surface area (Å²) in [7, 11) is 0. The smallest absolute Gasteiger partial charge is 0.352 e. The SMILES string of the molecule is CC(=O)OCC1=C(C(=O)O)N2C(=O)C(NC(=O)C(NC(=O)c3ccc(C(=O)C=Cc4ccccc4)cc3)c3ccccc3)C2SC1. The topological polar surface area (TPSA) is 159 Å². The van der Waals surface area contributed by atoms with E-state index in [4.69, 9.17) is 4.74 Å². The van der Waals surface area contributed by atoms with Gasteiger partial charge in [0.1, 0.15) is 29.8 Å². The molecule has 2 heterocycles. The Morgan fingerprint density at radius 2 is 1.59 bits per heavy atom. The van der Waals surface area contributed by atoms with Crippen molar-refractivity contribution in [3.8, 4) is 0 Å². The molecule has 234 valence electrons. The van der Waals surface area contributed by atoms with E-state index in [9.17, 15) is 33.9 Å². The minimum Gasteiger partial charge on any atom is -0.477 e. The molecule has 5 rings (SSSR count). The summed E-state index contributed by atoms with van der Waals surface area (Å²) in [5, 5.41) is 14.5. The highest BCUT2D eigenvalue weighted by Gasteiger charge is 2.54. The van der Waals surface area contributed by atoms with Crippen LogP contribution < -0.4 is 10.6 Å². The first-order valence-corrected chi connectivity index (χ1v) is 15.3. The third kappa shape index (κ3) is 7.08. The van der Waals surface area contributed by atoms with Crippen LogP contribution in [0.2, 0.25) is 0 Å². The van der Waals surface area contributed by atoms with Crippen molar-refractivity contribution in [2.45, 2.75) is 24.4 Å². The van der Waals surface area contributed by atoms with E-state index in [2.05, 4.69) is 10.6 Å². The molecular weight excluding hydrogens is 610 g/mol. The molecule has 2 aliphatic heterocycles. The van der Waals surface area contributed by atoms with Gasteiger partial charge in [0.05, 0.1) is 0 Å². The lowest BCUT2D eigenvalue weighted by Gasteiger charge is -2.49. The number of aliphatic carboxylic acids is 1. The number of esters is 1. The molecule has 12 heteroatoms. The van der Waals surface area contributed by atoms with Crippen molar-refractivity contribution in [1.82, 2.24) is 15.5 Å². The van der Waals surface area contributed by atoms with Gasteiger partial charge in [-0.3, -0.25) is 28.9 Å². The molecule has 3 amide bonds. The summed E-state index contributed by atoms with van der Waals surface area (Å²) in [6.07, 6.45) is 3.15. The van der Waals surface area contributed by atoms with Crippen LogP contribution in [0.4, 0.5) is 0 Å². The number of rotatable bonds is 11. The Morgan fingerprint density at radius 3 is 2.22 bits per heavy atom. The molecule has 3 unspecified atom stereocenters. The van der Waals surface area contributed by atoms with Crippen molar-refractivity contribution in [2.24, 2.45) is 0 Å². The van der Waals surface area contributed by atoms with Gasteiger partial charge in [-0.1, -0.05) is 78.9 Å². The summed E-state index contributed by atoms with van der Waals surface area (Å²) in [5.41, 5.74) is 1.93. The number of amides is 3. The summed E-state index contributed by atoms with van der Waals surface area (Å²) in [6.45, 7) is 0.934. The van der Waals surface area contributed by atoms with Crippen molar-refractivity contribution in [1.29, 1.82) is 0 Å². The fourth-order valence-electron chi connectivity index (χ4n) is 5.00. The van der Waals surface area contributed by atoms with Gasteiger partial charge in [0.25, 0.3) is 11.8 Å². The Balaban J connectivity index is 1.28. The van der Waals surface area contributed by atoms with Crippen molar-refractivity contribution >= 4 is 53.3 Å². The number of nitrogens with zero attached hydrogens (tertiary/aromatic N) is 1. The number of carboxylic acid groups (broad SMARTS) is 1. The first-order chi connectivity index (χ1) is 22.1. The van der Waals surface area contributed by atoms with Crippen LogP contribution in [-0.4, -0.2) is 69.2 Å². The van der Waals surface area contributed by atoms with Gasteiger partial charge in [-0.15, -0.1) is 11.8 Å². The van der Waals surface area contributed by atoms with Crippen LogP contribution >= 0.6 is 11.8 Å². The molecule has 0 radical (unpaired) electrons. The van der Waals surface area contributed by atoms with Gasteiger partial charge in [0.2, 0.25) is 5.91 Å². The van der Waals surface area contributed by atoms with Crippen molar-refractivity contribution in [3.63, 3.8) is 0 Å². The minimum atomic E-state index is -1.35. The van der Waals surface area contributed by atoms with Crippen LogP contribution in [-0.2, 0) is 23.9 Å².